The number of ketones is 2. The first-order valence-electron chi connectivity index (χ1n) is 9.76. The number of hydrogen-bond acceptors (Lipinski definition) is 1. The Labute approximate surface area is 194 Å². The van der Waals surface area contributed by atoms with Crippen LogP contribution in [-0.2, 0) is 17.1 Å². The van der Waals surface area contributed by atoms with Gasteiger partial charge in [0.25, 0.3) is 5.78 Å². The summed E-state index contributed by atoms with van der Waals surface area (Å²) >= 11 is 0. The van der Waals surface area contributed by atoms with E-state index in [2.05, 4.69) is 0 Å². The van der Waals surface area contributed by atoms with E-state index in [4.69, 9.17) is 15.2 Å². The second-order valence-corrected chi connectivity index (χ2v) is 6.90. The molecular formula is C26H27CuN2O2+2. The third-order valence-electron chi connectivity index (χ3n) is 4.08. The van der Waals surface area contributed by atoms with Crippen LogP contribution in [0.1, 0.15) is 37.8 Å². The fourth-order valence-electron chi connectivity index (χ4n) is 2.76. The van der Waals surface area contributed by atoms with Crippen molar-refractivity contribution < 1.29 is 26.7 Å². The second kappa shape index (κ2) is 14.0. The number of nitrogens with zero attached hydrogens (tertiary/aromatic N) is 2. The van der Waals surface area contributed by atoms with Crippen LogP contribution in [0.5, 0.6) is 0 Å². The van der Waals surface area contributed by atoms with Crippen LogP contribution >= 0.6 is 0 Å². The molecule has 0 aliphatic rings. The molecule has 0 spiro atoms. The molecule has 0 bridgehead atoms. The Morgan fingerprint density at radius 3 is 1.58 bits per heavy atom. The Morgan fingerprint density at radius 2 is 1.16 bits per heavy atom. The standard InChI is InChI=1S/C21H17NO.C5H8NO.Cu/c23-21(18-12-6-2-7-13-18)16-20(17-10-4-1-5-11-17)22-19-14-8-3-9-15-19;1-4(6)3-5(2)7;/h1-15H,16H2;3H2,1-2H3;/q;-1;+1/p+2. The van der Waals surface area contributed by atoms with E-state index in [1.165, 1.54) is 0 Å². The summed E-state index contributed by atoms with van der Waals surface area (Å²) in [5.74, 6) is 0.573. The van der Waals surface area contributed by atoms with Gasteiger partial charge < -0.3 is 5.41 Å². The van der Waals surface area contributed by atoms with E-state index in [0.29, 0.717) is 18.6 Å². The first-order valence-corrected chi connectivity index (χ1v) is 9.76. The molecule has 0 aliphatic carbocycles. The molecule has 3 rings (SSSR count). The number of carbonyl (C=O) groups excluding carboxylic acids is 2. The van der Waals surface area contributed by atoms with Crippen molar-refractivity contribution in [1.29, 1.82) is 0 Å². The third kappa shape index (κ3) is 9.94. The van der Waals surface area contributed by atoms with Crippen molar-refractivity contribution in [2.45, 2.75) is 26.7 Å². The van der Waals surface area contributed by atoms with Gasteiger partial charge in [-0.1, -0.05) is 73.7 Å². The zero-order valence-corrected chi connectivity index (χ0v) is 18.6. The summed E-state index contributed by atoms with van der Waals surface area (Å²) in [6.07, 6.45) is 0.697. The quantitative estimate of drug-likeness (QED) is 0.185. The van der Waals surface area contributed by atoms with Gasteiger partial charge in [-0.2, -0.15) is 5.71 Å². The molecule has 4 nitrogen and oxygen atoms in total. The molecule has 0 radical (unpaired) electrons. The van der Waals surface area contributed by atoms with Crippen molar-refractivity contribution >= 4 is 28.7 Å². The van der Waals surface area contributed by atoms with Crippen molar-refractivity contribution in [3.05, 3.63) is 108 Å². The topological polar surface area (TPSA) is 77.5 Å². The molecule has 3 aromatic rings. The molecule has 0 saturated carbocycles. The molecule has 3 aromatic carbocycles. The Hall–Kier alpha value is -3.14. The van der Waals surface area contributed by atoms with Crippen molar-refractivity contribution in [3.63, 3.8) is 0 Å². The number of rotatable bonds is 7. The average molecular weight is 463 g/mol. The van der Waals surface area contributed by atoms with Gasteiger partial charge in [0.2, 0.25) is 0 Å². The normalized spacial score (nSPS) is 10.2. The van der Waals surface area contributed by atoms with E-state index in [1.54, 1.807) is 13.8 Å². The summed E-state index contributed by atoms with van der Waals surface area (Å²) in [4.78, 5) is 23.7. The van der Waals surface area contributed by atoms with Crippen LogP contribution in [0.15, 0.2) is 96.0 Å². The van der Waals surface area contributed by atoms with Crippen molar-refractivity contribution in [2.75, 3.05) is 0 Å². The number of aliphatic imine (C=N–C) groups is 1. The molecule has 0 saturated heterocycles. The van der Waals surface area contributed by atoms with Crippen molar-refractivity contribution in [3.8, 4) is 0 Å². The Bertz CT molecular complexity index is 989. The predicted octanol–water partition coefficient (Wildman–Crippen LogP) is 5.76. The van der Waals surface area contributed by atoms with Gasteiger partial charge >= 0.3 is 22.9 Å². The minimum Gasteiger partial charge on any atom is -0.811 e. The monoisotopic (exact) mass is 462 g/mol. The summed E-state index contributed by atoms with van der Waals surface area (Å²) in [5, 5.41) is 8.46. The number of hydrogen-bond donors (Lipinski definition) is 0. The van der Waals surface area contributed by atoms with Crippen LogP contribution in [0.3, 0.4) is 0 Å². The van der Waals surface area contributed by atoms with E-state index in [1.807, 2.05) is 91.0 Å². The summed E-state index contributed by atoms with van der Waals surface area (Å²) in [6.45, 7) is 3.11. The number of benzene rings is 3. The largest absolute Gasteiger partial charge is 1.00 e. The van der Waals surface area contributed by atoms with Crippen LogP contribution in [0.2, 0.25) is 0 Å². The van der Waals surface area contributed by atoms with Gasteiger partial charge in [0.15, 0.2) is 0 Å². The average Bonchev–Trinajstić information content (AvgIpc) is 2.75. The molecule has 0 fully saturated rings. The second-order valence-electron chi connectivity index (χ2n) is 6.90. The molecule has 0 aliphatic heterocycles. The molecule has 0 aromatic heterocycles. The maximum atomic E-state index is 10.5. The van der Waals surface area contributed by atoms with Gasteiger partial charge in [0, 0.05) is 6.92 Å². The molecular weight excluding hydrogens is 436 g/mol. The predicted molar refractivity (Wildman–Crippen MR) is 127 cm³/mol. The van der Waals surface area contributed by atoms with E-state index in [9.17, 15) is 4.79 Å². The smallest absolute Gasteiger partial charge is 0.811 e. The summed E-state index contributed by atoms with van der Waals surface area (Å²) in [7, 11) is 0. The van der Waals surface area contributed by atoms with Gasteiger partial charge in [-0.25, -0.2) is 0 Å². The zero-order chi connectivity index (χ0) is 21.8. The van der Waals surface area contributed by atoms with Crippen LogP contribution < -0.4 is 0 Å². The van der Waals surface area contributed by atoms with E-state index in [-0.39, 0.29) is 28.6 Å². The summed E-state index contributed by atoms with van der Waals surface area (Å²) < 4.78 is 0. The van der Waals surface area contributed by atoms with Gasteiger partial charge in [-0.3, -0.25) is 14.6 Å². The van der Waals surface area contributed by atoms with Gasteiger partial charge in [0.05, 0.1) is 23.4 Å². The Morgan fingerprint density at radius 1 is 0.710 bits per heavy atom. The minimum atomic E-state index is 0. The third-order valence-corrected chi connectivity index (χ3v) is 4.08. The maximum absolute atomic E-state index is 10.5. The first kappa shape index (κ1) is 25.9. The van der Waals surface area contributed by atoms with Gasteiger partial charge in [-0.05, 0) is 29.8 Å². The molecule has 0 unspecified atom stereocenters. The maximum Gasteiger partial charge on any atom is 1.00 e. The van der Waals surface area contributed by atoms with Crippen LogP contribution in [0, 0.1) is 0 Å². The fraction of sp³-hybridized carbons (Fsp3) is 0.154. The number of para-hydroxylation sites is 1. The van der Waals surface area contributed by atoms with E-state index in [0.717, 1.165) is 22.5 Å². The van der Waals surface area contributed by atoms with Crippen LogP contribution in [0.4, 0.5) is 5.69 Å². The van der Waals surface area contributed by atoms with Gasteiger partial charge in [0.1, 0.15) is 6.42 Å². The van der Waals surface area contributed by atoms with Crippen LogP contribution in [0.25, 0.3) is 5.41 Å². The molecule has 0 amide bonds. The first-order chi connectivity index (χ1) is 14.5. The van der Waals surface area contributed by atoms with Crippen LogP contribution in [-0.4, -0.2) is 32.6 Å². The van der Waals surface area contributed by atoms with Crippen molar-refractivity contribution in [1.82, 2.24) is 0 Å². The van der Waals surface area contributed by atoms with E-state index < -0.39 is 0 Å². The van der Waals surface area contributed by atoms with E-state index >= 15 is 0 Å². The SMILES string of the molecule is CC(=[N-])CC(C)=[OH+].[Cu+].[OH+]=C(CC(=Nc1ccccc1)c1ccccc1)c1ccccc1. The Kier molecular flexibility index (Phi) is 11.7. The molecule has 5 heteroatoms. The fourth-order valence-corrected chi connectivity index (χ4v) is 2.76. The van der Waals surface area contributed by atoms with Gasteiger partial charge in [-0.15, -0.1) is 0 Å². The molecule has 31 heavy (non-hydrogen) atoms. The summed E-state index contributed by atoms with van der Waals surface area (Å²) in [6, 6.07) is 29.4. The molecule has 0 heterocycles. The molecule has 0 atom stereocenters. The zero-order valence-electron chi connectivity index (χ0n) is 17.7. The van der Waals surface area contributed by atoms with Crippen molar-refractivity contribution in [2.24, 2.45) is 4.99 Å². The summed E-state index contributed by atoms with van der Waals surface area (Å²) in [5.41, 5.74) is 3.81. The molecule has 2 N–H and O–H groups in total. The minimum absolute atomic E-state index is 0. The Balaban J connectivity index is 0.000000523. The molecule has 162 valence electrons.